The minimum absolute atomic E-state index is 0.140. The molecule has 0 aromatic carbocycles. The number of unbranched alkanes of at least 4 members (excludes halogenated alkanes) is 34. The molecular weight excluding hydrogens is 1130 g/mol. The van der Waals surface area contributed by atoms with Crippen LogP contribution in [0.4, 0.5) is 0 Å². The fourth-order valence-corrected chi connectivity index (χ4v) is 10.5. The first-order valence-electron chi connectivity index (χ1n) is 37.7. The summed E-state index contributed by atoms with van der Waals surface area (Å²) >= 11 is 0. The summed E-state index contributed by atoms with van der Waals surface area (Å²) in [5.41, 5.74) is 0. The van der Waals surface area contributed by atoms with Crippen LogP contribution >= 0.6 is 0 Å². The first kappa shape index (κ1) is 86.7. The summed E-state index contributed by atoms with van der Waals surface area (Å²) in [5, 5.41) is 11.8. The topological polar surface area (TPSA) is 111 Å². The van der Waals surface area contributed by atoms with Crippen molar-refractivity contribution in [1.29, 1.82) is 0 Å². The van der Waals surface area contributed by atoms with E-state index in [9.17, 15) is 19.5 Å². The van der Waals surface area contributed by atoms with E-state index in [1.165, 1.54) is 167 Å². The molecule has 9 nitrogen and oxygen atoms in total. The van der Waals surface area contributed by atoms with Crippen molar-refractivity contribution in [2.24, 2.45) is 0 Å². The van der Waals surface area contributed by atoms with Crippen molar-refractivity contribution >= 4 is 17.9 Å². The van der Waals surface area contributed by atoms with Crippen LogP contribution in [0.3, 0.4) is 0 Å². The minimum atomic E-state index is -1.63. The Kier molecular flexibility index (Phi) is 68.1. The maximum absolute atomic E-state index is 12.9. The molecule has 0 fully saturated rings. The summed E-state index contributed by atoms with van der Waals surface area (Å²) in [6.07, 6.45) is 98.7. The molecule has 2 atom stereocenters. The molecule has 0 bridgehead atoms. The predicted molar refractivity (Wildman–Crippen MR) is 389 cm³/mol. The maximum atomic E-state index is 12.9. The number of esters is 2. The average Bonchev–Trinajstić information content (AvgIpc) is 3.50. The van der Waals surface area contributed by atoms with Crippen LogP contribution in [0.5, 0.6) is 0 Å². The van der Waals surface area contributed by atoms with Gasteiger partial charge in [0.1, 0.15) is 13.2 Å². The fourth-order valence-electron chi connectivity index (χ4n) is 10.5. The molecule has 91 heavy (non-hydrogen) atoms. The Labute approximate surface area is 561 Å². The quantitative estimate of drug-likeness (QED) is 0.0195. The third-order valence-electron chi connectivity index (χ3n) is 16.2. The summed E-state index contributed by atoms with van der Waals surface area (Å²) in [6, 6.07) is 0. The first-order valence-corrected chi connectivity index (χ1v) is 37.7. The Hall–Kier alpha value is -4.31. The SMILES string of the molecule is CC/C=C\C/C=C\C/C=C\C/C=C\C/C=C\C/C=C\C/C=C\C/C=C\C/C=C\C/C=C\CCCCCCCCC(=O)OC(COC(=O)CCCCCCCCCCCCCCCCCCCCCCCCCCCCCCC)COC(OCC[N+](C)(C)C)C(=O)[O-]. The van der Waals surface area contributed by atoms with Crippen molar-refractivity contribution in [2.75, 3.05) is 47.5 Å². The number of carbonyl (C=O) groups is 3. The standard InChI is InChI=1S/C82H141NO8/c1-6-8-10-12-14-16-18-20-22-24-26-28-30-32-34-36-37-38-39-40-41-42-43-45-47-49-51-53-55-57-59-61-63-65-67-69-71-73-80(85)91-78(77-90-82(81(86)87)88-75-74-83(3,4)5)76-89-79(84)72-70-68-66-64-62-60-58-56-54-52-50-48-46-44-35-33-31-29-27-25-23-21-19-17-15-13-11-9-7-2/h8,10,14,16,20,22,26,28,32,34,37-38,40-41,43,45,49,51,55,57,78,82H,6-7,9,11-13,15,17-19,21,23-25,27,29-31,33,35-36,39,42,44,46-48,50,52-54,56,58-77H2,1-5H3/b10-8-,16-14-,22-20-,28-26-,34-32-,38-37-,41-40-,45-43-,51-49-,57-55-. The zero-order chi connectivity index (χ0) is 66.1. The van der Waals surface area contributed by atoms with E-state index >= 15 is 0 Å². The summed E-state index contributed by atoms with van der Waals surface area (Å²) in [5.74, 6) is -2.30. The number of carboxylic acids is 1. The van der Waals surface area contributed by atoms with E-state index in [4.69, 9.17) is 18.9 Å². The van der Waals surface area contributed by atoms with Crippen molar-refractivity contribution in [3.8, 4) is 0 Å². The van der Waals surface area contributed by atoms with Crippen LogP contribution in [0, 0.1) is 0 Å². The van der Waals surface area contributed by atoms with Crippen LogP contribution in [-0.2, 0) is 33.3 Å². The lowest BCUT2D eigenvalue weighted by Gasteiger charge is -2.26. The number of quaternary nitrogens is 1. The molecule has 0 aromatic heterocycles. The summed E-state index contributed by atoms with van der Waals surface area (Å²) in [6.45, 7) is 4.65. The van der Waals surface area contributed by atoms with Gasteiger partial charge in [-0.05, 0) is 89.9 Å². The second-order valence-corrected chi connectivity index (χ2v) is 26.2. The van der Waals surface area contributed by atoms with Gasteiger partial charge in [0.2, 0.25) is 0 Å². The number of likely N-dealkylation sites (N-methyl/N-ethyl adjacent to an activating group) is 1. The van der Waals surface area contributed by atoms with Crippen LogP contribution in [0.25, 0.3) is 0 Å². The van der Waals surface area contributed by atoms with Crippen LogP contribution in [-0.4, -0.2) is 82.3 Å². The minimum Gasteiger partial charge on any atom is -0.545 e. The lowest BCUT2D eigenvalue weighted by molar-refractivity contribution is -0.870. The van der Waals surface area contributed by atoms with E-state index < -0.39 is 24.3 Å². The Morgan fingerprint density at radius 3 is 0.934 bits per heavy atom. The van der Waals surface area contributed by atoms with Gasteiger partial charge in [0.05, 0.1) is 40.3 Å². The molecule has 0 N–H and O–H groups in total. The Morgan fingerprint density at radius 1 is 0.341 bits per heavy atom. The number of aliphatic carboxylic acids is 1. The number of ether oxygens (including phenoxy) is 4. The van der Waals surface area contributed by atoms with Gasteiger partial charge in [-0.15, -0.1) is 0 Å². The van der Waals surface area contributed by atoms with E-state index in [1.807, 2.05) is 21.1 Å². The summed E-state index contributed by atoms with van der Waals surface area (Å²) < 4.78 is 22.8. The van der Waals surface area contributed by atoms with Crippen LogP contribution in [0.15, 0.2) is 122 Å². The third-order valence-corrected chi connectivity index (χ3v) is 16.2. The normalized spacial score (nSPS) is 13.4. The smallest absolute Gasteiger partial charge is 0.306 e. The second-order valence-electron chi connectivity index (χ2n) is 26.2. The van der Waals surface area contributed by atoms with Gasteiger partial charge in [0.15, 0.2) is 12.4 Å². The molecule has 9 heteroatoms. The fraction of sp³-hybridized carbons (Fsp3) is 0.720. The van der Waals surface area contributed by atoms with E-state index in [0.29, 0.717) is 17.4 Å². The highest BCUT2D eigenvalue weighted by Crippen LogP contribution is 2.18. The molecular formula is C82H141NO8. The molecule has 0 aliphatic rings. The van der Waals surface area contributed by atoms with Gasteiger partial charge < -0.3 is 33.3 Å². The van der Waals surface area contributed by atoms with Gasteiger partial charge in [0, 0.05) is 12.8 Å². The lowest BCUT2D eigenvalue weighted by Crippen LogP contribution is -2.44. The molecule has 0 aliphatic carbocycles. The molecule has 0 saturated carbocycles. The maximum Gasteiger partial charge on any atom is 0.306 e. The molecule has 0 rings (SSSR count). The van der Waals surface area contributed by atoms with Crippen LogP contribution in [0.1, 0.15) is 322 Å². The van der Waals surface area contributed by atoms with Gasteiger partial charge in [0.25, 0.3) is 0 Å². The molecule has 522 valence electrons. The summed E-state index contributed by atoms with van der Waals surface area (Å²) in [4.78, 5) is 37.5. The number of nitrogens with zero attached hydrogens (tertiary/aromatic N) is 1. The number of carboxylic acid groups (broad SMARTS) is 1. The average molecular weight is 1270 g/mol. The van der Waals surface area contributed by atoms with Crippen LogP contribution in [0.2, 0.25) is 0 Å². The Bertz CT molecular complexity index is 1910. The van der Waals surface area contributed by atoms with Gasteiger partial charge in [-0.1, -0.05) is 341 Å². The predicted octanol–water partition coefficient (Wildman–Crippen LogP) is 22.6. The zero-order valence-corrected chi connectivity index (χ0v) is 59.7. The molecule has 0 heterocycles. The molecule has 0 saturated heterocycles. The molecule has 0 radical (unpaired) electrons. The largest absolute Gasteiger partial charge is 0.545 e. The third kappa shape index (κ3) is 73.0. The van der Waals surface area contributed by atoms with Gasteiger partial charge >= 0.3 is 11.9 Å². The van der Waals surface area contributed by atoms with Crippen molar-refractivity contribution in [3.63, 3.8) is 0 Å². The van der Waals surface area contributed by atoms with E-state index in [-0.39, 0.29) is 38.6 Å². The van der Waals surface area contributed by atoms with E-state index in [1.54, 1.807) is 0 Å². The van der Waals surface area contributed by atoms with Crippen molar-refractivity contribution < 1.29 is 42.9 Å². The van der Waals surface area contributed by atoms with Gasteiger partial charge in [-0.2, -0.15) is 0 Å². The van der Waals surface area contributed by atoms with Crippen molar-refractivity contribution in [2.45, 2.75) is 334 Å². The number of hydrogen-bond acceptors (Lipinski definition) is 8. The van der Waals surface area contributed by atoms with Crippen molar-refractivity contribution in [3.05, 3.63) is 122 Å². The highest BCUT2D eigenvalue weighted by Gasteiger charge is 2.22. The van der Waals surface area contributed by atoms with E-state index in [0.717, 1.165) is 122 Å². The molecule has 2 unspecified atom stereocenters. The highest BCUT2D eigenvalue weighted by atomic mass is 16.7. The number of allylic oxidation sites excluding steroid dienone is 20. The molecule has 0 aliphatic heterocycles. The highest BCUT2D eigenvalue weighted by molar-refractivity contribution is 5.70. The summed E-state index contributed by atoms with van der Waals surface area (Å²) in [7, 11) is 5.93. The number of rotatable bonds is 69. The molecule has 0 spiro atoms. The van der Waals surface area contributed by atoms with Gasteiger partial charge in [-0.3, -0.25) is 9.59 Å². The van der Waals surface area contributed by atoms with E-state index in [2.05, 4.69) is 135 Å². The van der Waals surface area contributed by atoms with Crippen LogP contribution < -0.4 is 5.11 Å². The molecule has 0 aromatic rings. The first-order chi connectivity index (χ1) is 44.6. The monoisotopic (exact) mass is 1270 g/mol. The number of carbonyl (C=O) groups excluding carboxylic acids is 3. The van der Waals surface area contributed by atoms with Crippen molar-refractivity contribution in [1.82, 2.24) is 0 Å². The lowest BCUT2D eigenvalue weighted by atomic mass is 10.0. The second kappa shape index (κ2) is 71.5. The Balaban J connectivity index is 4.15. The number of hydrogen-bond donors (Lipinski definition) is 0. The Morgan fingerprint density at radius 2 is 0.626 bits per heavy atom. The van der Waals surface area contributed by atoms with Gasteiger partial charge in [-0.25, -0.2) is 0 Å². The zero-order valence-electron chi connectivity index (χ0n) is 59.7. The molecule has 0 amide bonds.